The van der Waals surface area contributed by atoms with E-state index in [2.05, 4.69) is 43.1 Å². The summed E-state index contributed by atoms with van der Waals surface area (Å²) in [7, 11) is 2.05. The van der Waals surface area contributed by atoms with Gasteiger partial charge in [-0.25, -0.2) is 5.01 Å². The molecule has 0 unspecified atom stereocenters. The average Bonchev–Trinajstić information content (AvgIpc) is 2.47. The SMILES string of the molecule is CCC[C@@H]1CCCC(=O)N1N(C)[C@@H](C)c1ccccc1. The Kier molecular flexibility index (Phi) is 5.18. The molecule has 1 aromatic carbocycles. The van der Waals surface area contributed by atoms with Crippen molar-refractivity contribution in [1.29, 1.82) is 0 Å². The number of hydrogen-bond acceptors (Lipinski definition) is 2. The van der Waals surface area contributed by atoms with Gasteiger partial charge in [-0.2, -0.15) is 0 Å². The van der Waals surface area contributed by atoms with Gasteiger partial charge in [0.15, 0.2) is 0 Å². The molecule has 1 amide bonds. The lowest BCUT2D eigenvalue weighted by Crippen LogP contribution is -2.53. The Labute approximate surface area is 122 Å². The van der Waals surface area contributed by atoms with Gasteiger partial charge in [-0.15, -0.1) is 0 Å². The normalized spacial score (nSPS) is 21.3. The van der Waals surface area contributed by atoms with Crippen molar-refractivity contribution in [3.63, 3.8) is 0 Å². The van der Waals surface area contributed by atoms with Crippen molar-refractivity contribution in [2.75, 3.05) is 7.05 Å². The molecular formula is C17H26N2O. The summed E-state index contributed by atoms with van der Waals surface area (Å²) >= 11 is 0. The first-order chi connectivity index (χ1) is 9.65. The number of nitrogens with zero attached hydrogens (tertiary/aromatic N) is 2. The topological polar surface area (TPSA) is 23.6 Å². The molecule has 1 aromatic rings. The molecule has 2 atom stereocenters. The lowest BCUT2D eigenvalue weighted by molar-refractivity contribution is -0.162. The van der Waals surface area contributed by atoms with Crippen LogP contribution in [0.5, 0.6) is 0 Å². The quantitative estimate of drug-likeness (QED) is 0.816. The second-order valence-electron chi connectivity index (χ2n) is 5.73. The van der Waals surface area contributed by atoms with Crippen molar-refractivity contribution in [3.8, 4) is 0 Å². The van der Waals surface area contributed by atoms with E-state index in [0.29, 0.717) is 12.5 Å². The van der Waals surface area contributed by atoms with Crippen LogP contribution in [0.15, 0.2) is 30.3 Å². The predicted octanol–water partition coefficient (Wildman–Crippen LogP) is 3.78. The summed E-state index contributed by atoms with van der Waals surface area (Å²) in [5.41, 5.74) is 1.25. The minimum atomic E-state index is 0.220. The van der Waals surface area contributed by atoms with Crippen LogP contribution < -0.4 is 0 Å². The van der Waals surface area contributed by atoms with E-state index in [9.17, 15) is 4.79 Å². The van der Waals surface area contributed by atoms with Gasteiger partial charge < -0.3 is 0 Å². The van der Waals surface area contributed by atoms with Gasteiger partial charge in [-0.1, -0.05) is 43.7 Å². The van der Waals surface area contributed by atoms with Crippen LogP contribution in [0.3, 0.4) is 0 Å². The van der Waals surface area contributed by atoms with E-state index < -0.39 is 0 Å². The van der Waals surface area contributed by atoms with Gasteiger partial charge in [0.2, 0.25) is 5.91 Å². The molecule has 20 heavy (non-hydrogen) atoms. The Hall–Kier alpha value is -1.35. The Morgan fingerprint density at radius 1 is 1.35 bits per heavy atom. The van der Waals surface area contributed by atoms with Crippen molar-refractivity contribution in [1.82, 2.24) is 10.0 Å². The first kappa shape index (κ1) is 15.0. The zero-order valence-corrected chi connectivity index (χ0v) is 12.9. The van der Waals surface area contributed by atoms with E-state index in [1.807, 2.05) is 18.1 Å². The lowest BCUT2D eigenvalue weighted by Gasteiger charge is -2.44. The fourth-order valence-corrected chi connectivity index (χ4v) is 3.10. The summed E-state index contributed by atoms with van der Waals surface area (Å²) in [6.45, 7) is 4.36. The molecule has 0 radical (unpaired) electrons. The van der Waals surface area contributed by atoms with Gasteiger partial charge in [-0.3, -0.25) is 9.80 Å². The van der Waals surface area contributed by atoms with Crippen LogP contribution in [-0.4, -0.2) is 29.0 Å². The fraction of sp³-hybridized carbons (Fsp3) is 0.588. The van der Waals surface area contributed by atoms with Gasteiger partial charge in [0.1, 0.15) is 0 Å². The third-order valence-corrected chi connectivity index (χ3v) is 4.33. The van der Waals surface area contributed by atoms with Gasteiger partial charge in [0.25, 0.3) is 0 Å². The molecule has 3 heteroatoms. The molecule has 1 saturated heterocycles. The predicted molar refractivity (Wildman–Crippen MR) is 82.0 cm³/mol. The highest BCUT2D eigenvalue weighted by Crippen LogP contribution is 2.28. The van der Waals surface area contributed by atoms with Gasteiger partial charge in [0.05, 0.1) is 6.04 Å². The molecule has 110 valence electrons. The minimum Gasteiger partial charge on any atom is -0.273 e. The molecule has 1 aliphatic rings. The highest BCUT2D eigenvalue weighted by molar-refractivity contribution is 5.76. The van der Waals surface area contributed by atoms with Crippen LogP contribution in [0, 0.1) is 0 Å². The van der Waals surface area contributed by atoms with E-state index in [-0.39, 0.29) is 11.9 Å². The second kappa shape index (κ2) is 6.89. The molecule has 0 N–H and O–H groups in total. The summed E-state index contributed by atoms with van der Waals surface area (Å²) < 4.78 is 0. The van der Waals surface area contributed by atoms with E-state index in [1.165, 1.54) is 5.56 Å². The highest BCUT2D eigenvalue weighted by Gasteiger charge is 2.32. The molecule has 0 bridgehead atoms. The number of rotatable bonds is 5. The number of hydrogen-bond donors (Lipinski definition) is 0. The van der Waals surface area contributed by atoms with E-state index in [1.54, 1.807) is 0 Å². The molecule has 0 saturated carbocycles. The Bertz CT molecular complexity index is 430. The molecule has 2 rings (SSSR count). The number of benzene rings is 1. The molecule has 0 spiro atoms. The number of amides is 1. The smallest absolute Gasteiger partial charge is 0.237 e. The number of hydrazine groups is 1. The summed E-state index contributed by atoms with van der Waals surface area (Å²) in [5.74, 6) is 0.278. The third-order valence-electron chi connectivity index (χ3n) is 4.33. The molecule has 0 aliphatic carbocycles. The number of carbonyl (C=O) groups excluding carboxylic acids is 1. The number of carbonyl (C=O) groups is 1. The van der Waals surface area contributed by atoms with Crippen LogP contribution >= 0.6 is 0 Å². The Morgan fingerprint density at radius 3 is 2.70 bits per heavy atom. The van der Waals surface area contributed by atoms with Gasteiger partial charge in [0, 0.05) is 19.5 Å². The van der Waals surface area contributed by atoms with Crippen molar-refractivity contribution in [2.24, 2.45) is 0 Å². The van der Waals surface area contributed by atoms with Crippen LogP contribution in [0.2, 0.25) is 0 Å². The molecule has 1 aliphatic heterocycles. The van der Waals surface area contributed by atoms with Crippen LogP contribution in [0.25, 0.3) is 0 Å². The maximum Gasteiger partial charge on any atom is 0.237 e. The molecular weight excluding hydrogens is 248 g/mol. The standard InChI is InChI=1S/C17H26N2O/c1-4-9-16-12-8-13-17(20)19(16)18(3)14(2)15-10-6-5-7-11-15/h5-7,10-11,14,16H,4,8-9,12-13H2,1-3H3/t14-,16+/m0/s1. The molecule has 0 aromatic heterocycles. The third kappa shape index (κ3) is 3.21. The van der Waals surface area contributed by atoms with E-state index in [4.69, 9.17) is 0 Å². The van der Waals surface area contributed by atoms with Crippen LogP contribution in [0.1, 0.15) is 57.6 Å². The first-order valence-corrected chi connectivity index (χ1v) is 7.75. The van der Waals surface area contributed by atoms with E-state index in [0.717, 1.165) is 25.7 Å². The maximum absolute atomic E-state index is 12.3. The largest absolute Gasteiger partial charge is 0.273 e. The molecule has 3 nitrogen and oxygen atoms in total. The number of piperidine rings is 1. The molecule has 1 fully saturated rings. The second-order valence-corrected chi connectivity index (χ2v) is 5.73. The summed E-state index contributed by atoms with van der Waals surface area (Å²) in [5, 5.41) is 4.15. The summed E-state index contributed by atoms with van der Waals surface area (Å²) in [6, 6.07) is 11.0. The van der Waals surface area contributed by atoms with Crippen molar-refractivity contribution in [2.45, 2.75) is 58.0 Å². The maximum atomic E-state index is 12.3. The zero-order valence-electron chi connectivity index (χ0n) is 12.9. The van der Waals surface area contributed by atoms with E-state index >= 15 is 0 Å². The van der Waals surface area contributed by atoms with Crippen molar-refractivity contribution < 1.29 is 4.79 Å². The Balaban J connectivity index is 2.16. The minimum absolute atomic E-state index is 0.220. The van der Waals surface area contributed by atoms with Crippen molar-refractivity contribution in [3.05, 3.63) is 35.9 Å². The fourth-order valence-electron chi connectivity index (χ4n) is 3.10. The summed E-state index contributed by atoms with van der Waals surface area (Å²) in [4.78, 5) is 12.3. The van der Waals surface area contributed by atoms with Gasteiger partial charge >= 0.3 is 0 Å². The molecule has 1 heterocycles. The Morgan fingerprint density at radius 2 is 2.05 bits per heavy atom. The monoisotopic (exact) mass is 274 g/mol. The summed E-state index contributed by atoms with van der Waals surface area (Å²) in [6.07, 6.45) is 5.07. The zero-order chi connectivity index (χ0) is 14.5. The van der Waals surface area contributed by atoms with Crippen molar-refractivity contribution >= 4 is 5.91 Å². The average molecular weight is 274 g/mol. The lowest BCUT2D eigenvalue weighted by atomic mass is 9.99. The first-order valence-electron chi connectivity index (χ1n) is 7.75. The van der Waals surface area contributed by atoms with Gasteiger partial charge in [-0.05, 0) is 31.7 Å². The van der Waals surface area contributed by atoms with Crippen LogP contribution in [0.4, 0.5) is 0 Å². The highest BCUT2D eigenvalue weighted by atomic mass is 16.2. The van der Waals surface area contributed by atoms with Crippen LogP contribution in [-0.2, 0) is 4.79 Å².